The van der Waals surface area contributed by atoms with E-state index in [1.54, 1.807) is 26.4 Å². The molecule has 2 amide bonds. The van der Waals surface area contributed by atoms with E-state index in [0.29, 0.717) is 5.69 Å². The maximum atomic E-state index is 11.7. The van der Waals surface area contributed by atoms with Gasteiger partial charge in [0.2, 0.25) is 0 Å². The molecule has 0 bridgehead atoms. The molecule has 100 valence electrons. The van der Waals surface area contributed by atoms with Crippen LogP contribution >= 0.6 is 0 Å². The third-order valence-electron chi connectivity index (χ3n) is 2.56. The van der Waals surface area contributed by atoms with Gasteiger partial charge in [0.05, 0.1) is 0 Å². The molecule has 0 aliphatic heterocycles. The molecule has 1 atom stereocenters. The van der Waals surface area contributed by atoms with Crippen molar-refractivity contribution in [1.82, 2.24) is 20.1 Å². The summed E-state index contributed by atoms with van der Waals surface area (Å²) in [6, 6.07) is 1.06. The number of nitrogens with two attached hydrogens (primary N) is 1. The van der Waals surface area contributed by atoms with Crippen molar-refractivity contribution in [3.05, 3.63) is 18.0 Å². The highest BCUT2D eigenvalue weighted by atomic mass is 16.2. The lowest BCUT2D eigenvalue weighted by Crippen LogP contribution is -2.39. The van der Waals surface area contributed by atoms with Crippen LogP contribution < -0.4 is 11.3 Å². The highest BCUT2D eigenvalue weighted by Gasteiger charge is 2.25. The van der Waals surface area contributed by atoms with Gasteiger partial charge in [0.15, 0.2) is 0 Å². The Labute approximate surface area is 106 Å². The molecule has 18 heavy (non-hydrogen) atoms. The fourth-order valence-corrected chi connectivity index (χ4v) is 1.65. The van der Waals surface area contributed by atoms with Crippen molar-refractivity contribution in [2.24, 2.45) is 11.8 Å². The highest BCUT2D eigenvalue weighted by Crippen LogP contribution is 2.17. The first-order chi connectivity index (χ1) is 8.38. The van der Waals surface area contributed by atoms with Crippen molar-refractivity contribution < 1.29 is 9.59 Å². The Hall–Kier alpha value is -1.89. The van der Waals surface area contributed by atoms with Gasteiger partial charge in [-0.15, -0.1) is 0 Å². The highest BCUT2D eigenvalue weighted by molar-refractivity contribution is 5.91. The number of nitrogens with zero attached hydrogens (tertiary/aromatic N) is 3. The van der Waals surface area contributed by atoms with Crippen LogP contribution in [0, 0.1) is 5.92 Å². The summed E-state index contributed by atoms with van der Waals surface area (Å²) in [5.74, 6) is 4.62. The second-order valence-electron chi connectivity index (χ2n) is 4.58. The molecule has 0 fully saturated rings. The molecule has 0 aliphatic rings. The molecular formula is C11H19N5O2. The zero-order valence-electron chi connectivity index (χ0n) is 11.0. The van der Waals surface area contributed by atoms with Crippen LogP contribution in [0.1, 0.15) is 30.4 Å². The molecular weight excluding hydrogens is 234 g/mol. The summed E-state index contributed by atoms with van der Waals surface area (Å²) in [7, 11) is 3.29. The van der Waals surface area contributed by atoms with Gasteiger partial charge in [0.1, 0.15) is 11.7 Å². The van der Waals surface area contributed by atoms with E-state index in [4.69, 9.17) is 5.84 Å². The van der Waals surface area contributed by atoms with Crippen LogP contribution in [0.5, 0.6) is 0 Å². The smallest absolute Gasteiger partial charge is 0.273 e. The number of carbonyl (C=O) groups excluding carboxylic acids is 2. The molecule has 0 saturated heterocycles. The van der Waals surface area contributed by atoms with Crippen molar-refractivity contribution in [2.75, 3.05) is 14.1 Å². The summed E-state index contributed by atoms with van der Waals surface area (Å²) in [5.41, 5.74) is 2.41. The molecule has 1 aromatic rings. The maximum absolute atomic E-state index is 11.7. The second kappa shape index (κ2) is 5.63. The molecule has 1 heterocycles. The fourth-order valence-electron chi connectivity index (χ4n) is 1.65. The molecule has 3 N–H and O–H groups in total. The molecule has 1 aromatic heterocycles. The number of amides is 2. The largest absolute Gasteiger partial charge is 0.343 e. The van der Waals surface area contributed by atoms with Gasteiger partial charge in [-0.05, 0) is 12.0 Å². The van der Waals surface area contributed by atoms with Crippen LogP contribution in [0.3, 0.4) is 0 Å². The SMILES string of the molecule is CC(C)C(C(=O)NN)n1ccc(C(=O)N(C)C)n1. The van der Waals surface area contributed by atoms with Crippen molar-refractivity contribution in [3.8, 4) is 0 Å². The van der Waals surface area contributed by atoms with Crippen molar-refractivity contribution >= 4 is 11.8 Å². The van der Waals surface area contributed by atoms with Gasteiger partial charge in [0.25, 0.3) is 11.8 Å². The van der Waals surface area contributed by atoms with Crippen LogP contribution in [0.15, 0.2) is 12.3 Å². The number of hydrogen-bond donors (Lipinski definition) is 2. The normalized spacial score (nSPS) is 12.3. The summed E-state index contributed by atoms with van der Waals surface area (Å²) in [4.78, 5) is 24.8. The Bertz CT molecular complexity index is 438. The molecule has 1 unspecified atom stereocenters. The number of rotatable bonds is 4. The minimum Gasteiger partial charge on any atom is -0.343 e. The predicted octanol–water partition coefficient (Wildman–Crippen LogP) is -0.228. The Balaban J connectivity index is 3.02. The topological polar surface area (TPSA) is 93.2 Å². The van der Waals surface area contributed by atoms with E-state index in [9.17, 15) is 9.59 Å². The van der Waals surface area contributed by atoms with Gasteiger partial charge in [-0.25, -0.2) is 5.84 Å². The van der Waals surface area contributed by atoms with Crippen molar-refractivity contribution in [1.29, 1.82) is 0 Å². The van der Waals surface area contributed by atoms with Crippen LogP contribution in [-0.4, -0.2) is 40.6 Å². The van der Waals surface area contributed by atoms with E-state index in [1.807, 2.05) is 13.8 Å². The molecule has 0 radical (unpaired) electrons. The van der Waals surface area contributed by atoms with E-state index in [1.165, 1.54) is 9.58 Å². The van der Waals surface area contributed by atoms with Crippen LogP contribution in [0.4, 0.5) is 0 Å². The van der Waals surface area contributed by atoms with E-state index in [-0.39, 0.29) is 17.7 Å². The van der Waals surface area contributed by atoms with Gasteiger partial charge < -0.3 is 4.90 Å². The first kappa shape index (κ1) is 14.2. The monoisotopic (exact) mass is 253 g/mol. The zero-order chi connectivity index (χ0) is 13.9. The van der Waals surface area contributed by atoms with Gasteiger partial charge in [-0.1, -0.05) is 13.8 Å². The lowest BCUT2D eigenvalue weighted by molar-refractivity contribution is -0.125. The van der Waals surface area contributed by atoms with E-state index < -0.39 is 6.04 Å². The van der Waals surface area contributed by atoms with E-state index >= 15 is 0 Å². The fraction of sp³-hybridized carbons (Fsp3) is 0.545. The lowest BCUT2D eigenvalue weighted by Gasteiger charge is -2.19. The quantitative estimate of drug-likeness (QED) is 0.440. The van der Waals surface area contributed by atoms with Crippen LogP contribution in [0.25, 0.3) is 0 Å². The third-order valence-corrected chi connectivity index (χ3v) is 2.56. The molecule has 1 rings (SSSR count). The first-order valence-corrected chi connectivity index (χ1v) is 5.65. The average Bonchev–Trinajstić information content (AvgIpc) is 2.76. The first-order valence-electron chi connectivity index (χ1n) is 5.65. The van der Waals surface area contributed by atoms with Crippen LogP contribution in [0.2, 0.25) is 0 Å². The molecule has 0 spiro atoms. The van der Waals surface area contributed by atoms with Gasteiger partial charge >= 0.3 is 0 Å². The van der Waals surface area contributed by atoms with Crippen molar-refractivity contribution in [2.45, 2.75) is 19.9 Å². The van der Waals surface area contributed by atoms with E-state index in [0.717, 1.165) is 0 Å². The molecule has 7 nitrogen and oxygen atoms in total. The van der Waals surface area contributed by atoms with Crippen molar-refractivity contribution in [3.63, 3.8) is 0 Å². The molecule has 0 aliphatic carbocycles. The van der Waals surface area contributed by atoms with E-state index in [2.05, 4.69) is 10.5 Å². The number of nitrogens with one attached hydrogen (secondary N) is 1. The summed E-state index contributed by atoms with van der Waals surface area (Å²) < 4.78 is 1.46. The summed E-state index contributed by atoms with van der Waals surface area (Å²) in [6.07, 6.45) is 1.61. The second-order valence-corrected chi connectivity index (χ2v) is 4.58. The Kier molecular flexibility index (Phi) is 4.43. The zero-order valence-corrected chi connectivity index (χ0v) is 11.0. The minimum absolute atomic E-state index is 0.00996. The van der Waals surface area contributed by atoms with Gasteiger partial charge in [0, 0.05) is 20.3 Å². The molecule has 0 saturated carbocycles. The summed E-state index contributed by atoms with van der Waals surface area (Å²) in [5, 5.41) is 4.13. The Morgan fingerprint density at radius 2 is 2.06 bits per heavy atom. The minimum atomic E-state index is -0.529. The molecule has 7 heteroatoms. The number of aromatic nitrogens is 2. The van der Waals surface area contributed by atoms with Gasteiger partial charge in [-0.2, -0.15) is 5.10 Å². The third kappa shape index (κ3) is 2.86. The average molecular weight is 253 g/mol. The molecule has 0 aromatic carbocycles. The summed E-state index contributed by atoms with van der Waals surface area (Å²) >= 11 is 0. The predicted molar refractivity (Wildman–Crippen MR) is 66.4 cm³/mol. The Morgan fingerprint density at radius 3 is 2.50 bits per heavy atom. The number of hydrazine groups is 1. The maximum Gasteiger partial charge on any atom is 0.273 e. The van der Waals surface area contributed by atoms with Gasteiger partial charge in [-0.3, -0.25) is 19.7 Å². The Morgan fingerprint density at radius 1 is 1.44 bits per heavy atom. The summed E-state index contributed by atoms with van der Waals surface area (Å²) in [6.45, 7) is 3.77. The lowest BCUT2D eigenvalue weighted by atomic mass is 10.0. The number of hydrogen-bond acceptors (Lipinski definition) is 4. The van der Waals surface area contributed by atoms with Crippen LogP contribution in [-0.2, 0) is 4.79 Å². The standard InChI is InChI=1S/C11H19N5O2/c1-7(2)9(10(17)13-12)16-6-5-8(14-16)11(18)15(3)4/h5-7,9H,12H2,1-4H3,(H,13,17). The number of carbonyl (C=O) groups is 2.